The minimum absolute atomic E-state index is 0.0180. The van der Waals surface area contributed by atoms with Gasteiger partial charge in [-0.25, -0.2) is 9.78 Å². The molecule has 0 saturated heterocycles. The van der Waals surface area contributed by atoms with Gasteiger partial charge in [-0.05, 0) is 33.8 Å². The summed E-state index contributed by atoms with van der Waals surface area (Å²) in [4.78, 5) is 26.3. The Labute approximate surface area is 112 Å². The zero-order valence-corrected chi connectivity index (χ0v) is 11.5. The number of amides is 1. The molecule has 6 nitrogen and oxygen atoms in total. The lowest BCUT2D eigenvalue weighted by Crippen LogP contribution is -2.27. The molecule has 0 atom stereocenters. The molecule has 6 heteroatoms. The minimum atomic E-state index is -0.594. The smallest absolute Gasteiger partial charge is 0.413 e. The maximum Gasteiger partial charge on any atom is 0.413 e. The van der Waals surface area contributed by atoms with Gasteiger partial charge in [-0.2, -0.15) is 0 Å². The maximum absolute atomic E-state index is 11.5. The van der Waals surface area contributed by atoms with Crippen LogP contribution in [0.4, 0.5) is 10.6 Å². The number of Topliss-reactive ketones (excluding diaryl/α,β-unsaturated/α-hetero) is 1. The van der Waals surface area contributed by atoms with Gasteiger partial charge in [-0.15, -0.1) is 0 Å². The van der Waals surface area contributed by atoms with Gasteiger partial charge < -0.3 is 9.47 Å². The van der Waals surface area contributed by atoms with E-state index in [-0.39, 0.29) is 12.4 Å². The molecular weight excluding hydrogens is 248 g/mol. The molecule has 0 radical (unpaired) electrons. The van der Waals surface area contributed by atoms with Crippen molar-refractivity contribution in [1.29, 1.82) is 0 Å². The Balaban J connectivity index is 2.61. The Morgan fingerprint density at radius 3 is 2.63 bits per heavy atom. The van der Waals surface area contributed by atoms with Crippen molar-refractivity contribution in [3.8, 4) is 5.75 Å². The van der Waals surface area contributed by atoms with Crippen LogP contribution in [0.15, 0.2) is 18.3 Å². The molecule has 0 aliphatic heterocycles. The first kappa shape index (κ1) is 14.9. The Bertz CT molecular complexity index is 466. The van der Waals surface area contributed by atoms with E-state index in [1.54, 1.807) is 26.8 Å². The summed E-state index contributed by atoms with van der Waals surface area (Å²) in [6, 6.07) is 3.12. The fourth-order valence-corrected chi connectivity index (χ4v) is 1.16. The summed E-state index contributed by atoms with van der Waals surface area (Å²) in [5.41, 5.74) is -0.577. The normalized spacial score (nSPS) is 10.7. The summed E-state index contributed by atoms with van der Waals surface area (Å²) >= 11 is 0. The molecule has 1 amide bonds. The van der Waals surface area contributed by atoms with Crippen molar-refractivity contribution in [2.45, 2.75) is 33.3 Å². The van der Waals surface area contributed by atoms with Crippen LogP contribution in [0.3, 0.4) is 0 Å². The van der Waals surface area contributed by atoms with E-state index < -0.39 is 11.7 Å². The number of aromatic nitrogens is 1. The molecule has 0 spiro atoms. The molecular formula is C13H18N2O4. The highest BCUT2D eigenvalue weighted by atomic mass is 16.6. The Morgan fingerprint density at radius 2 is 2.05 bits per heavy atom. The van der Waals surface area contributed by atoms with E-state index in [0.29, 0.717) is 11.6 Å². The van der Waals surface area contributed by atoms with E-state index in [0.717, 1.165) is 0 Å². The number of hydrogen-bond donors (Lipinski definition) is 1. The number of carbonyl (C=O) groups excluding carboxylic acids is 2. The number of ketones is 1. The number of rotatable bonds is 4. The highest BCUT2D eigenvalue weighted by Gasteiger charge is 2.16. The predicted molar refractivity (Wildman–Crippen MR) is 70.3 cm³/mol. The molecule has 0 saturated carbocycles. The van der Waals surface area contributed by atoms with Crippen LogP contribution in [-0.2, 0) is 9.53 Å². The fraction of sp³-hybridized carbons (Fsp3) is 0.462. The van der Waals surface area contributed by atoms with Crippen LogP contribution in [0.5, 0.6) is 5.75 Å². The number of pyridine rings is 1. The third kappa shape index (κ3) is 6.40. The van der Waals surface area contributed by atoms with Crippen LogP contribution < -0.4 is 10.1 Å². The third-order valence-corrected chi connectivity index (χ3v) is 1.80. The molecule has 1 N–H and O–H groups in total. The monoisotopic (exact) mass is 266 g/mol. The molecule has 0 aliphatic carbocycles. The highest BCUT2D eigenvalue weighted by Crippen LogP contribution is 2.15. The first-order chi connectivity index (χ1) is 8.76. The summed E-state index contributed by atoms with van der Waals surface area (Å²) in [6.07, 6.45) is 0.881. The van der Waals surface area contributed by atoms with Crippen LogP contribution >= 0.6 is 0 Å². The van der Waals surface area contributed by atoms with Crippen molar-refractivity contribution in [2.75, 3.05) is 11.9 Å². The fourth-order valence-electron chi connectivity index (χ4n) is 1.16. The van der Waals surface area contributed by atoms with Crippen molar-refractivity contribution in [2.24, 2.45) is 0 Å². The molecule has 0 fully saturated rings. The topological polar surface area (TPSA) is 77.5 Å². The van der Waals surface area contributed by atoms with Gasteiger partial charge in [0.15, 0.2) is 5.78 Å². The van der Waals surface area contributed by atoms with Crippen LogP contribution in [0.1, 0.15) is 27.7 Å². The molecule has 0 bridgehead atoms. The van der Waals surface area contributed by atoms with Gasteiger partial charge in [-0.3, -0.25) is 10.1 Å². The van der Waals surface area contributed by atoms with Gasteiger partial charge in [0.1, 0.15) is 23.8 Å². The van der Waals surface area contributed by atoms with Crippen molar-refractivity contribution >= 4 is 17.7 Å². The van der Waals surface area contributed by atoms with Gasteiger partial charge in [-0.1, -0.05) is 0 Å². The van der Waals surface area contributed by atoms with Crippen LogP contribution in [0.2, 0.25) is 0 Å². The lowest BCUT2D eigenvalue weighted by Gasteiger charge is -2.19. The number of anilines is 1. The van der Waals surface area contributed by atoms with E-state index in [4.69, 9.17) is 9.47 Å². The molecule has 19 heavy (non-hydrogen) atoms. The van der Waals surface area contributed by atoms with Crippen molar-refractivity contribution in [3.63, 3.8) is 0 Å². The molecule has 0 unspecified atom stereocenters. The average Bonchev–Trinajstić information content (AvgIpc) is 2.24. The second-order valence-corrected chi connectivity index (χ2v) is 4.99. The SMILES string of the molecule is CC(=O)COc1ccnc(NC(=O)OC(C)(C)C)c1. The summed E-state index contributed by atoms with van der Waals surface area (Å²) in [5.74, 6) is 0.671. The van der Waals surface area contributed by atoms with Crippen molar-refractivity contribution < 1.29 is 19.1 Å². The minimum Gasteiger partial charge on any atom is -0.486 e. The second-order valence-electron chi connectivity index (χ2n) is 4.99. The summed E-state index contributed by atoms with van der Waals surface area (Å²) in [5, 5.41) is 2.49. The van der Waals surface area contributed by atoms with Gasteiger partial charge in [0, 0.05) is 12.3 Å². The van der Waals surface area contributed by atoms with Crippen LogP contribution in [0.25, 0.3) is 0 Å². The maximum atomic E-state index is 11.5. The number of hydrogen-bond acceptors (Lipinski definition) is 5. The number of nitrogens with one attached hydrogen (secondary N) is 1. The first-order valence-electron chi connectivity index (χ1n) is 5.84. The first-order valence-corrected chi connectivity index (χ1v) is 5.84. The summed E-state index contributed by atoms with van der Waals surface area (Å²) in [6.45, 7) is 6.72. The molecule has 1 heterocycles. The average molecular weight is 266 g/mol. The number of carbonyl (C=O) groups is 2. The molecule has 0 aliphatic rings. The van der Waals surface area contributed by atoms with E-state index in [1.807, 2.05) is 0 Å². The lowest BCUT2D eigenvalue weighted by molar-refractivity contribution is -0.118. The van der Waals surface area contributed by atoms with Gasteiger partial charge in [0.25, 0.3) is 0 Å². The molecule has 1 rings (SSSR count). The number of nitrogens with zero attached hydrogens (tertiary/aromatic N) is 1. The van der Waals surface area contributed by atoms with E-state index in [1.165, 1.54) is 19.2 Å². The zero-order chi connectivity index (χ0) is 14.5. The second kappa shape index (κ2) is 6.17. The van der Waals surface area contributed by atoms with Gasteiger partial charge in [0.05, 0.1) is 0 Å². The summed E-state index contributed by atoms with van der Waals surface area (Å²) in [7, 11) is 0. The van der Waals surface area contributed by atoms with Gasteiger partial charge in [0.2, 0.25) is 0 Å². The van der Waals surface area contributed by atoms with Crippen LogP contribution in [-0.4, -0.2) is 29.1 Å². The highest BCUT2D eigenvalue weighted by molar-refractivity contribution is 5.83. The lowest BCUT2D eigenvalue weighted by atomic mass is 10.2. The Morgan fingerprint density at radius 1 is 1.37 bits per heavy atom. The molecule has 104 valence electrons. The number of ether oxygens (including phenoxy) is 2. The largest absolute Gasteiger partial charge is 0.486 e. The Hall–Kier alpha value is -2.11. The predicted octanol–water partition coefficient (Wildman–Crippen LogP) is 2.40. The molecule has 0 aromatic carbocycles. The third-order valence-electron chi connectivity index (χ3n) is 1.80. The van der Waals surface area contributed by atoms with Crippen LogP contribution in [0, 0.1) is 0 Å². The standard InChI is InChI=1S/C13H18N2O4/c1-9(16)8-18-10-5-6-14-11(7-10)15-12(17)19-13(2,3)4/h5-7H,8H2,1-4H3,(H,14,15,17). The van der Waals surface area contributed by atoms with E-state index >= 15 is 0 Å². The van der Waals surface area contributed by atoms with E-state index in [2.05, 4.69) is 10.3 Å². The van der Waals surface area contributed by atoms with Crippen molar-refractivity contribution in [3.05, 3.63) is 18.3 Å². The molecule has 1 aromatic heterocycles. The quantitative estimate of drug-likeness (QED) is 0.905. The van der Waals surface area contributed by atoms with Crippen molar-refractivity contribution in [1.82, 2.24) is 4.98 Å². The van der Waals surface area contributed by atoms with E-state index in [9.17, 15) is 9.59 Å². The summed E-state index contributed by atoms with van der Waals surface area (Å²) < 4.78 is 10.3. The van der Waals surface area contributed by atoms with Gasteiger partial charge >= 0.3 is 6.09 Å². The molecule has 1 aromatic rings. The zero-order valence-electron chi connectivity index (χ0n) is 11.5. The Kier molecular flexibility index (Phi) is 4.86.